The molecule has 0 amide bonds. The summed E-state index contributed by atoms with van der Waals surface area (Å²) in [5.41, 5.74) is 0. The van der Waals surface area contributed by atoms with E-state index < -0.39 is 12.2 Å². The van der Waals surface area contributed by atoms with Crippen molar-refractivity contribution in [1.29, 1.82) is 0 Å². The Morgan fingerprint density at radius 3 is 1.50 bits per heavy atom. The molecule has 0 aromatic rings. The van der Waals surface area contributed by atoms with Gasteiger partial charge in [-0.25, -0.2) is 0 Å². The lowest BCUT2D eigenvalue weighted by molar-refractivity contribution is -0.146. The number of carbonyl (C=O) groups excluding carboxylic acids is 2. The SMILES string of the molecule is CCC(=O)OCCC(O)C(O)CCOC(=O)CC. The minimum Gasteiger partial charge on any atom is -0.466 e. The second-order valence-electron chi connectivity index (χ2n) is 3.86. The second-order valence-corrected chi connectivity index (χ2v) is 3.86. The largest absolute Gasteiger partial charge is 0.466 e. The van der Waals surface area contributed by atoms with Crippen LogP contribution < -0.4 is 0 Å². The lowest BCUT2D eigenvalue weighted by Crippen LogP contribution is -2.29. The highest BCUT2D eigenvalue weighted by atomic mass is 16.5. The van der Waals surface area contributed by atoms with E-state index in [2.05, 4.69) is 0 Å². The van der Waals surface area contributed by atoms with Gasteiger partial charge in [0.1, 0.15) is 0 Å². The van der Waals surface area contributed by atoms with Gasteiger partial charge in [-0.15, -0.1) is 0 Å². The first-order valence-electron chi connectivity index (χ1n) is 6.18. The normalized spacial score (nSPS) is 13.8. The van der Waals surface area contributed by atoms with Crippen molar-refractivity contribution >= 4 is 11.9 Å². The van der Waals surface area contributed by atoms with Gasteiger partial charge in [0.2, 0.25) is 0 Å². The van der Waals surface area contributed by atoms with Crippen LogP contribution in [0.15, 0.2) is 0 Å². The van der Waals surface area contributed by atoms with Gasteiger partial charge in [-0.05, 0) is 0 Å². The number of rotatable bonds is 9. The van der Waals surface area contributed by atoms with E-state index in [0.29, 0.717) is 0 Å². The summed E-state index contributed by atoms with van der Waals surface area (Å²) in [5, 5.41) is 19.1. The van der Waals surface area contributed by atoms with Crippen LogP contribution in [0.4, 0.5) is 0 Å². The molecule has 0 heterocycles. The fourth-order valence-electron chi connectivity index (χ4n) is 1.18. The molecule has 0 aromatic carbocycles. The van der Waals surface area contributed by atoms with Crippen molar-refractivity contribution < 1.29 is 29.3 Å². The van der Waals surface area contributed by atoms with E-state index in [-0.39, 0.29) is 50.8 Å². The Morgan fingerprint density at radius 2 is 1.22 bits per heavy atom. The molecule has 0 saturated carbocycles. The zero-order valence-corrected chi connectivity index (χ0v) is 10.9. The molecule has 6 nitrogen and oxygen atoms in total. The molecule has 0 rings (SSSR count). The fraction of sp³-hybridized carbons (Fsp3) is 0.833. The van der Waals surface area contributed by atoms with Gasteiger partial charge in [0, 0.05) is 25.7 Å². The van der Waals surface area contributed by atoms with Crippen LogP contribution in [0.1, 0.15) is 39.5 Å². The van der Waals surface area contributed by atoms with E-state index >= 15 is 0 Å². The van der Waals surface area contributed by atoms with E-state index in [9.17, 15) is 19.8 Å². The van der Waals surface area contributed by atoms with Crippen LogP contribution in [0.2, 0.25) is 0 Å². The third kappa shape index (κ3) is 8.03. The zero-order valence-electron chi connectivity index (χ0n) is 10.9. The molecule has 6 heteroatoms. The molecular weight excluding hydrogens is 240 g/mol. The lowest BCUT2D eigenvalue weighted by atomic mass is 10.1. The highest BCUT2D eigenvalue weighted by molar-refractivity contribution is 5.69. The van der Waals surface area contributed by atoms with Crippen molar-refractivity contribution in [1.82, 2.24) is 0 Å². The van der Waals surface area contributed by atoms with Crippen molar-refractivity contribution in [2.24, 2.45) is 0 Å². The summed E-state index contributed by atoms with van der Waals surface area (Å²) in [5.74, 6) is -0.679. The molecule has 0 aliphatic carbocycles. The van der Waals surface area contributed by atoms with Crippen LogP contribution >= 0.6 is 0 Å². The third-order valence-electron chi connectivity index (χ3n) is 2.37. The molecule has 0 aromatic heterocycles. The molecule has 2 atom stereocenters. The molecule has 0 fully saturated rings. The predicted octanol–water partition coefficient (Wildman–Crippen LogP) is 0.395. The topological polar surface area (TPSA) is 93.1 Å². The Kier molecular flexibility index (Phi) is 9.22. The van der Waals surface area contributed by atoms with E-state index in [0.717, 1.165) is 0 Å². The van der Waals surface area contributed by atoms with Crippen LogP contribution in [-0.4, -0.2) is 47.6 Å². The highest BCUT2D eigenvalue weighted by Crippen LogP contribution is 2.05. The van der Waals surface area contributed by atoms with Crippen LogP contribution in [0.25, 0.3) is 0 Å². The lowest BCUT2D eigenvalue weighted by Gasteiger charge is -2.17. The number of ether oxygens (including phenoxy) is 2. The first-order chi connectivity index (χ1) is 8.51. The minimum atomic E-state index is -0.991. The molecule has 18 heavy (non-hydrogen) atoms. The van der Waals surface area contributed by atoms with Gasteiger partial charge in [0.15, 0.2) is 0 Å². The molecule has 106 valence electrons. The van der Waals surface area contributed by atoms with Gasteiger partial charge in [0.25, 0.3) is 0 Å². The second kappa shape index (κ2) is 9.85. The maximum absolute atomic E-state index is 10.8. The van der Waals surface area contributed by atoms with Crippen LogP contribution in [0.5, 0.6) is 0 Å². The summed E-state index contributed by atoms with van der Waals surface area (Å²) in [4.78, 5) is 21.6. The summed E-state index contributed by atoms with van der Waals surface area (Å²) in [6, 6.07) is 0. The summed E-state index contributed by atoms with van der Waals surface area (Å²) >= 11 is 0. The first kappa shape index (κ1) is 16.9. The Balaban J connectivity index is 3.65. The Labute approximate surface area is 107 Å². The molecule has 0 saturated heterocycles. The Bertz CT molecular complexity index is 227. The maximum atomic E-state index is 10.8. The van der Waals surface area contributed by atoms with Crippen molar-refractivity contribution in [2.75, 3.05) is 13.2 Å². The Hall–Kier alpha value is -1.14. The first-order valence-corrected chi connectivity index (χ1v) is 6.18. The molecular formula is C12H22O6. The number of hydrogen-bond donors (Lipinski definition) is 2. The zero-order chi connectivity index (χ0) is 14.0. The molecule has 2 unspecified atom stereocenters. The quantitative estimate of drug-likeness (QED) is 0.584. The minimum absolute atomic E-state index is 0.0691. The van der Waals surface area contributed by atoms with Crippen molar-refractivity contribution in [3.05, 3.63) is 0 Å². The van der Waals surface area contributed by atoms with Gasteiger partial charge >= 0.3 is 11.9 Å². The van der Waals surface area contributed by atoms with Crippen molar-refractivity contribution in [3.8, 4) is 0 Å². The van der Waals surface area contributed by atoms with Gasteiger partial charge in [-0.3, -0.25) is 9.59 Å². The summed E-state index contributed by atoms with van der Waals surface area (Å²) < 4.78 is 9.55. The monoisotopic (exact) mass is 262 g/mol. The van der Waals surface area contributed by atoms with Gasteiger partial charge in [-0.2, -0.15) is 0 Å². The highest BCUT2D eigenvalue weighted by Gasteiger charge is 2.17. The summed E-state index contributed by atoms with van der Waals surface area (Å²) in [6.07, 6.45) is -1.09. The van der Waals surface area contributed by atoms with Crippen LogP contribution in [-0.2, 0) is 19.1 Å². The number of esters is 2. The average molecular weight is 262 g/mol. The molecule has 0 aliphatic heterocycles. The predicted molar refractivity (Wildman–Crippen MR) is 63.7 cm³/mol. The summed E-state index contributed by atoms with van der Waals surface area (Å²) in [6.45, 7) is 3.49. The standard InChI is InChI=1S/C12H22O6/c1-3-11(15)17-7-5-9(13)10(14)6-8-18-12(16)4-2/h9-10,13-14H,3-8H2,1-2H3. The van der Waals surface area contributed by atoms with Gasteiger partial charge in [0.05, 0.1) is 25.4 Å². The molecule has 0 radical (unpaired) electrons. The Morgan fingerprint density at radius 1 is 0.889 bits per heavy atom. The van der Waals surface area contributed by atoms with Crippen LogP contribution in [0.3, 0.4) is 0 Å². The fourth-order valence-corrected chi connectivity index (χ4v) is 1.18. The molecule has 0 spiro atoms. The van der Waals surface area contributed by atoms with E-state index in [1.54, 1.807) is 13.8 Å². The third-order valence-corrected chi connectivity index (χ3v) is 2.37. The molecule has 2 N–H and O–H groups in total. The smallest absolute Gasteiger partial charge is 0.305 e. The van der Waals surface area contributed by atoms with Gasteiger partial charge < -0.3 is 19.7 Å². The number of hydrogen-bond acceptors (Lipinski definition) is 6. The average Bonchev–Trinajstić information content (AvgIpc) is 2.37. The maximum Gasteiger partial charge on any atom is 0.305 e. The molecule has 0 bridgehead atoms. The number of aliphatic hydroxyl groups is 2. The van der Waals surface area contributed by atoms with E-state index in [4.69, 9.17) is 9.47 Å². The van der Waals surface area contributed by atoms with Crippen molar-refractivity contribution in [3.63, 3.8) is 0 Å². The van der Waals surface area contributed by atoms with E-state index in [1.165, 1.54) is 0 Å². The number of carbonyl (C=O) groups is 2. The van der Waals surface area contributed by atoms with Crippen molar-refractivity contribution in [2.45, 2.75) is 51.7 Å². The van der Waals surface area contributed by atoms with E-state index in [1.807, 2.05) is 0 Å². The number of aliphatic hydroxyl groups excluding tert-OH is 2. The molecule has 0 aliphatic rings. The van der Waals surface area contributed by atoms with Crippen LogP contribution in [0, 0.1) is 0 Å². The summed E-state index contributed by atoms with van der Waals surface area (Å²) in [7, 11) is 0. The van der Waals surface area contributed by atoms with Gasteiger partial charge in [-0.1, -0.05) is 13.8 Å².